The molecule has 0 amide bonds. The number of hydrogen-bond acceptors (Lipinski definition) is 1. The molecule has 1 atom stereocenters. The number of aliphatic hydroxyl groups excluding tert-OH is 1. The van der Waals surface area contributed by atoms with Gasteiger partial charge >= 0.3 is 0 Å². The van der Waals surface area contributed by atoms with Crippen LogP contribution < -0.4 is 0 Å². The summed E-state index contributed by atoms with van der Waals surface area (Å²) >= 11 is 5.80. The maximum absolute atomic E-state index is 13.6. The van der Waals surface area contributed by atoms with Crippen molar-refractivity contribution in [3.05, 3.63) is 46.3 Å². The minimum atomic E-state index is -0.979. The van der Waals surface area contributed by atoms with E-state index in [1.165, 1.54) is 6.08 Å². The molecular weight excluding hydrogens is 203 g/mol. The average molecular weight is 215 g/mol. The van der Waals surface area contributed by atoms with Gasteiger partial charge in [0.15, 0.2) is 0 Å². The Morgan fingerprint density at radius 3 is 2.71 bits per heavy atom. The first kappa shape index (κ1) is 11.2. The van der Waals surface area contributed by atoms with Gasteiger partial charge < -0.3 is 5.11 Å². The standard InChI is InChI=1S/C11H12ClFO/c1-3-4-9(14)10-8(12)6-5-7(2)11(10)13/h3-6,9,14H,1-2H3/b4-3+. The maximum atomic E-state index is 13.6. The van der Waals surface area contributed by atoms with Gasteiger partial charge in [-0.05, 0) is 25.5 Å². The molecule has 0 bridgehead atoms. The molecule has 14 heavy (non-hydrogen) atoms. The van der Waals surface area contributed by atoms with Crippen LogP contribution in [0.5, 0.6) is 0 Å². The third-order valence-electron chi connectivity index (χ3n) is 1.99. The summed E-state index contributed by atoms with van der Waals surface area (Å²) in [6, 6.07) is 3.17. The fraction of sp³-hybridized carbons (Fsp3) is 0.273. The monoisotopic (exact) mass is 214 g/mol. The third-order valence-corrected chi connectivity index (χ3v) is 2.32. The fourth-order valence-corrected chi connectivity index (χ4v) is 1.49. The highest BCUT2D eigenvalue weighted by molar-refractivity contribution is 6.31. The molecule has 0 aliphatic heterocycles. The molecule has 0 aliphatic rings. The summed E-state index contributed by atoms with van der Waals surface area (Å²) in [5, 5.41) is 9.84. The van der Waals surface area contributed by atoms with Crippen LogP contribution in [0.25, 0.3) is 0 Å². The molecule has 0 aromatic heterocycles. The van der Waals surface area contributed by atoms with Crippen LogP contribution >= 0.6 is 11.6 Å². The van der Waals surface area contributed by atoms with E-state index in [0.717, 1.165) is 0 Å². The fourth-order valence-electron chi connectivity index (χ4n) is 1.23. The number of halogens is 2. The molecule has 3 heteroatoms. The van der Waals surface area contributed by atoms with Crippen molar-refractivity contribution in [1.82, 2.24) is 0 Å². The molecular formula is C11H12ClFO. The van der Waals surface area contributed by atoms with Crippen LogP contribution in [0.3, 0.4) is 0 Å². The van der Waals surface area contributed by atoms with E-state index in [1.54, 1.807) is 32.1 Å². The molecule has 0 aliphatic carbocycles. The van der Waals surface area contributed by atoms with Crippen molar-refractivity contribution < 1.29 is 9.50 Å². The second kappa shape index (κ2) is 4.58. The van der Waals surface area contributed by atoms with Crippen LogP contribution in [0, 0.1) is 12.7 Å². The molecule has 1 aromatic carbocycles. The topological polar surface area (TPSA) is 20.2 Å². The molecule has 0 heterocycles. The Labute approximate surface area is 87.8 Å². The highest BCUT2D eigenvalue weighted by Gasteiger charge is 2.15. The van der Waals surface area contributed by atoms with Crippen molar-refractivity contribution in [2.24, 2.45) is 0 Å². The van der Waals surface area contributed by atoms with Gasteiger partial charge in [0.1, 0.15) is 11.9 Å². The largest absolute Gasteiger partial charge is 0.384 e. The third kappa shape index (κ3) is 2.14. The minimum Gasteiger partial charge on any atom is -0.384 e. The van der Waals surface area contributed by atoms with Crippen molar-refractivity contribution >= 4 is 11.6 Å². The van der Waals surface area contributed by atoms with Crippen molar-refractivity contribution in [2.45, 2.75) is 20.0 Å². The number of rotatable bonds is 2. The zero-order valence-electron chi connectivity index (χ0n) is 8.09. The first-order valence-corrected chi connectivity index (χ1v) is 4.71. The number of allylic oxidation sites excluding steroid dienone is 1. The van der Waals surface area contributed by atoms with Crippen molar-refractivity contribution in [3.63, 3.8) is 0 Å². The predicted octanol–water partition coefficient (Wildman–Crippen LogP) is 3.40. The van der Waals surface area contributed by atoms with Crippen molar-refractivity contribution in [2.75, 3.05) is 0 Å². The van der Waals surface area contributed by atoms with Crippen LogP contribution in [0.15, 0.2) is 24.3 Å². The van der Waals surface area contributed by atoms with Gasteiger partial charge in [0, 0.05) is 10.6 Å². The Hall–Kier alpha value is -0.860. The summed E-state index contributed by atoms with van der Waals surface area (Å²) in [4.78, 5) is 0. The van der Waals surface area contributed by atoms with Gasteiger partial charge in [0.25, 0.3) is 0 Å². The van der Waals surface area contributed by atoms with E-state index in [2.05, 4.69) is 0 Å². The highest BCUT2D eigenvalue weighted by atomic mass is 35.5. The van der Waals surface area contributed by atoms with Gasteiger partial charge in [0.2, 0.25) is 0 Å². The zero-order chi connectivity index (χ0) is 10.7. The average Bonchev–Trinajstić information content (AvgIpc) is 2.13. The number of hydrogen-bond donors (Lipinski definition) is 1. The molecule has 1 aromatic rings. The molecule has 0 fully saturated rings. The van der Waals surface area contributed by atoms with Crippen LogP contribution in [0.2, 0.25) is 5.02 Å². The lowest BCUT2D eigenvalue weighted by Crippen LogP contribution is -2.00. The summed E-state index contributed by atoms with van der Waals surface area (Å²) in [6.45, 7) is 3.39. The summed E-state index contributed by atoms with van der Waals surface area (Å²) < 4.78 is 13.6. The van der Waals surface area contributed by atoms with Crippen LogP contribution in [0.1, 0.15) is 24.2 Å². The minimum absolute atomic E-state index is 0.143. The van der Waals surface area contributed by atoms with E-state index in [9.17, 15) is 9.50 Å². The summed E-state index contributed by atoms with van der Waals surface area (Å²) in [5.41, 5.74) is 0.623. The van der Waals surface area contributed by atoms with E-state index in [-0.39, 0.29) is 10.6 Å². The molecule has 1 nitrogen and oxygen atoms in total. The Kier molecular flexibility index (Phi) is 3.67. The molecule has 0 saturated carbocycles. The lowest BCUT2D eigenvalue weighted by molar-refractivity contribution is 0.223. The number of benzene rings is 1. The lowest BCUT2D eigenvalue weighted by atomic mass is 10.1. The van der Waals surface area contributed by atoms with E-state index in [0.29, 0.717) is 5.56 Å². The van der Waals surface area contributed by atoms with Crippen molar-refractivity contribution in [3.8, 4) is 0 Å². The predicted molar refractivity (Wildman–Crippen MR) is 55.9 cm³/mol. The Balaban J connectivity index is 3.24. The van der Waals surface area contributed by atoms with E-state index in [4.69, 9.17) is 11.6 Å². The Morgan fingerprint density at radius 1 is 1.50 bits per heavy atom. The summed E-state index contributed by atoms with van der Waals surface area (Å²) in [7, 11) is 0. The molecule has 0 radical (unpaired) electrons. The van der Waals surface area contributed by atoms with Gasteiger partial charge in [-0.3, -0.25) is 0 Å². The van der Waals surface area contributed by atoms with Gasteiger partial charge in [-0.1, -0.05) is 29.8 Å². The van der Waals surface area contributed by atoms with Crippen LogP contribution in [-0.2, 0) is 0 Å². The Morgan fingerprint density at radius 2 is 2.14 bits per heavy atom. The number of aliphatic hydroxyl groups is 1. The van der Waals surface area contributed by atoms with E-state index in [1.807, 2.05) is 0 Å². The van der Waals surface area contributed by atoms with Gasteiger partial charge in [0.05, 0.1) is 0 Å². The lowest BCUT2D eigenvalue weighted by Gasteiger charge is -2.11. The second-order valence-corrected chi connectivity index (χ2v) is 3.47. The quantitative estimate of drug-likeness (QED) is 0.749. The number of aryl methyl sites for hydroxylation is 1. The van der Waals surface area contributed by atoms with Crippen LogP contribution in [-0.4, -0.2) is 5.11 Å². The summed E-state index contributed by atoms with van der Waals surface area (Å²) in [5.74, 6) is -0.442. The molecule has 1 rings (SSSR count). The summed E-state index contributed by atoms with van der Waals surface area (Å²) in [6.07, 6.45) is 2.17. The van der Waals surface area contributed by atoms with Crippen molar-refractivity contribution in [1.29, 1.82) is 0 Å². The van der Waals surface area contributed by atoms with E-state index >= 15 is 0 Å². The maximum Gasteiger partial charge on any atom is 0.133 e. The Bertz CT molecular complexity index is 361. The molecule has 0 saturated heterocycles. The zero-order valence-corrected chi connectivity index (χ0v) is 8.85. The first-order valence-electron chi connectivity index (χ1n) is 4.33. The molecule has 1 unspecified atom stereocenters. The normalized spacial score (nSPS) is 13.5. The van der Waals surface area contributed by atoms with Gasteiger partial charge in [-0.15, -0.1) is 0 Å². The second-order valence-electron chi connectivity index (χ2n) is 3.06. The van der Waals surface area contributed by atoms with Gasteiger partial charge in [-0.25, -0.2) is 4.39 Å². The van der Waals surface area contributed by atoms with Gasteiger partial charge in [-0.2, -0.15) is 0 Å². The molecule has 0 spiro atoms. The first-order chi connectivity index (χ1) is 6.57. The van der Waals surface area contributed by atoms with E-state index < -0.39 is 11.9 Å². The SMILES string of the molecule is C/C=C/C(O)c1c(Cl)ccc(C)c1F. The molecule has 1 N–H and O–H groups in total. The smallest absolute Gasteiger partial charge is 0.133 e. The highest BCUT2D eigenvalue weighted by Crippen LogP contribution is 2.28. The van der Waals surface area contributed by atoms with Crippen LogP contribution in [0.4, 0.5) is 4.39 Å². The molecule has 76 valence electrons.